The number of thioether (sulfide) groups is 1. The zero-order chi connectivity index (χ0) is 20.3. The van der Waals surface area contributed by atoms with Crippen molar-refractivity contribution < 1.29 is 24.6 Å². The molecule has 8 nitrogen and oxygen atoms in total. The summed E-state index contributed by atoms with van der Waals surface area (Å²) in [5.74, 6) is -1.61. The number of aromatic hydroxyl groups is 1. The van der Waals surface area contributed by atoms with Crippen LogP contribution in [0, 0.1) is 0 Å². The van der Waals surface area contributed by atoms with Crippen LogP contribution in [0.15, 0.2) is 35.5 Å². The number of halogens is 2. The normalized spacial score (nSPS) is 21.3. The summed E-state index contributed by atoms with van der Waals surface area (Å²) in [6.07, 6.45) is 0. The van der Waals surface area contributed by atoms with E-state index in [2.05, 4.69) is 42.5 Å². The van der Waals surface area contributed by atoms with Gasteiger partial charge in [0.15, 0.2) is 0 Å². The summed E-state index contributed by atoms with van der Waals surface area (Å²) < 4.78 is 0. The zero-order valence-corrected chi connectivity index (χ0v) is 19.2. The number of nitrogens with one attached hydrogen (secondary N) is 1. The molecule has 0 bridgehead atoms. The van der Waals surface area contributed by atoms with E-state index in [1.54, 1.807) is 6.92 Å². The van der Waals surface area contributed by atoms with Crippen LogP contribution in [-0.4, -0.2) is 50.1 Å². The van der Waals surface area contributed by atoms with E-state index in [4.69, 9.17) is 5.73 Å². The van der Waals surface area contributed by atoms with Crippen LogP contribution in [0.3, 0.4) is 0 Å². The Labute approximate surface area is 190 Å². The van der Waals surface area contributed by atoms with Crippen molar-refractivity contribution in [2.24, 2.45) is 5.73 Å². The Morgan fingerprint density at radius 2 is 1.89 bits per heavy atom. The summed E-state index contributed by atoms with van der Waals surface area (Å²) in [5.41, 5.74) is 7.00. The van der Waals surface area contributed by atoms with Crippen molar-refractivity contribution in [3.63, 3.8) is 0 Å². The molecule has 0 aliphatic carbocycles. The van der Waals surface area contributed by atoms with Gasteiger partial charge in [-0.2, -0.15) is 0 Å². The number of amides is 2. The molecule has 11 heteroatoms. The van der Waals surface area contributed by atoms with E-state index >= 15 is 0 Å². The number of nitrogens with zero attached hydrogens (tertiary/aromatic N) is 1. The Hall–Kier alpha value is -1.06. The van der Waals surface area contributed by atoms with Crippen molar-refractivity contribution in [1.82, 2.24) is 10.2 Å². The largest absolute Gasteiger partial charge is 0.508 e. The number of hydrogen-bond acceptors (Lipinski definition) is 6. The van der Waals surface area contributed by atoms with Gasteiger partial charge in [0.05, 0.1) is 0 Å². The Balaban J connectivity index is 0.00000127. The quantitative estimate of drug-likeness (QED) is 0.296. The van der Waals surface area contributed by atoms with Gasteiger partial charge in [0.2, 0.25) is 5.91 Å². The molecular weight excluding hydrogens is 612 g/mol. The standard InChI is InChI=1S/C16H17N3O5S.CH4.I2/c1-7-6-25-15-11(14(22)19(15)12(7)16(23)24)18-13(21)10(17)8-2-4-9(20)5-3-8;;1-2/h2-5,10-11,15,20H,6,17H2,1H3,(H,18,21)(H,23,24);1H4;. The van der Waals surface area contributed by atoms with Gasteiger partial charge in [0.25, 0.3) is 5.91 Å². The molecule has 1 aromatic rings. The number of rotatable bonds is 4. The number of phenolic OH excluding ortho intramolecular Hbond substituents is 1. The molecule has 2 aliphatic rings. The second kappa shape index (κ2) is 10.6. The van der Waals surface area contributed by atoms with Crippen LogP contribution in [0.2, 0.25) is 0 Å². The first-order valence-electron chi connectivity index (χ1n) is 7.68. The van der Waals surface area contributed by atoms with Crippen LogP contribution in [0.4, 0.5) is 0 Å². The lowest BCUT2D eigenvalue weighted by molar-refractivity contribution is -0.150. The van der Waals surface area contributed by atoms with E-state index < -0.39 is 35.2 Å². The fourth-order valence-electron chi connectivity index (χ4n) is 2.85. The van der Waals surface area contributed by atoms with Gasteiger partial charge >= 0.3 is 5.97 Å². The maximum Gasteiger partial charge on any atom is 0.352 e. The molecule has 3 atom stereocenters. The molecule has 28 heavy (non-hydrogen) atoms. The molecule has 1 fully saturated rings. The number of fused-ring (bicyclic) bond motifs is 1. The molecule has 1 aromatic carbocycles. The predicted octanol–water partition coefficient (Wildman–Crippen LogP) is 2.56. The average Bonchev–Trinajstić information content (AvgIpc) is 2.67. The number of carboxylic acids is 1. The van der Waals surface area contributed by atoms with Gasteiger partial charge < -0.3 is 21.3 Å². The van der Waals surface area contributed by atoms with Crippen molar-refractivity contribution in [3.8, 4) is 5.75 Å². The number of benzene rings is 1. The smallest absolute Gasteiger partial charge is 0.352 e. The monoisotopic (exact) mass is 633 g/mol. The van der Waals surface area contributed by atoms with E-state index in [9.17, 15) is 24.6 Å². The number of nitrogens with two attached hydrogens (primary N) is 1. The third kappa shape index (κ3) is 4.91. The van der Waals surface area contributed by atoms with E-state index in [0.29, 0.717) is 16.9 Å². The lowest BCUT2D eigenvalue weighted by Crippen LogP contribution is -2.71. The Kier molecular flexibility index (Phi) is 9.49. The van der Waals surface area contributed by atoms with Gasteiger partial charge in [-0.3, -0.25) is 14.5 Å². The predicted molar refractivity (Wildman–Crippen MR) is 125 cm³/mol. The number of aliphatic carboxylic acids is 1. The lowest BCUT2D eigenvalue weighted by atomic mass is 10.0. The van der Waals surface area contributed by atoms with Crippen molar-refractivity contribution in [2.75, 3.05) is 5.75 Å². The van der Waals surface area contributed by atoms with Crippen LogP contribution in [0.25, 0.3) is 0 Å². The minimum Gasteiger partial charge on any atom is -0.508 e. The van der Waals surface area contributed by atoms with Gasteiger partial charge in [0, 0.05) is 43.0 Å². The second-order valence-corrected chi connectivity index (χ2v) is 7.00. The van der Waals surface area contributed by atoms with E-state index in [1.165, 1.54) is 40.9 Å². The minimum absolute atomic E-state index is 0. The SMILES string of the molecule is C.CC1=C(C(=O)O)N2C(=O)C(NC(=O)C(N)c3ccc(O)cc3)C2SC1.II. The molecule has 0 saturated carbocycles. The molecule has 3 rings (SSSR count). The molecule has 0 radical (unpaired) electrons. The van der Waals surface area contributed by atoms with Crippen molar-refractivity contribution >= 4 is 66.8 Å². The van der Waals surface area contributed by atoms with Gasteiger partial charge in [-0.25, -0.2) is 4.79 Å². The first-order valence-corrected chi connectivity index (χ1v) is 15.0. The highest BCUT2D eigenvalue weighted by molar-refractivity contribution is 15.0. The van der Waals surface area contributed by atoms with E-state index in [0.717, 1.165) is 0 Å². The van der Waals surface area contributed by atoms with Crippen LogP contribution in [0.1, 0.15) is 26.0 Å². The summed E-state index contributed by atoms with van der Waals surface area (Å²) in [4.78, 5) is 37.2. The van der Waals surface area contributed by atoms with Crippen LogP contribution < -0.4 is 11.1 Å². The lowest BCUT2D eigenvalue weighted by Gasteiger charge is -2.49. The molecule has 0 spiro atoms. The number of β-lactam (4-membered cyclic amide) rings is 1. The summed E-state index contributed by atoms with van der Waals surface area (Å²) in [6.45, 7) is 1.67. The van der Waals surface area contributed by atoms with Crippen molar-refractivity contribution in [1.29, 1.82) is 0 Å². The summed E-state index contributed by atoms with van der Waals surface area (Å²) in [5, 5.41) is 20.7. The molecule has 0 aromatic heterocycles. The van der Waals surface area contributed by atoms with Crippen LogP contribution >= 0.6 is 49.0 Å². The molecule has 1 saturated heterocycles. The Morgan fingerprint density at radius 1 is 1.32 bits per heavy atom. The maximum absolute atomic E-state index is 12.3. The maximum atomic E-state index is 12.3. The molecule has 3 unspecified atom stereocenters. The van der Waals surface area contributed by atoms with Gasteiger partial charge in [0.1, 0.15) is 28.9 Å². The zero-order valence-electron chi connectivity index (χ0n) is 14.1. The Bertz CT molecular complexity index is 788. The third-order valence-corrected chi connectivity index (χ3v) is 5.62. The first-order chi connectivity index (χ1) is 12.8. The van der Waals surface area contributed by atoms with Crippen molar-refractivity contribution in [3.05, 3.63) is 41.1 Å². The molecule has 2 amide bonds. The second-order valence-electron chi connectivity index (χ2n) is 5.90. The molecule has 5 N–H and O–H groups in total. The van der Waals surface area contributed by atoms with Crippen LogP contribution in [0.5, 0.6) is 5.75 Å². The highest BCUT2D eigenvalue weighted by Gasteiger charge is 2.53. The highest BCUT2D eigenvalue weighted by Crippen LogP contribution is 2.40. The molecule has 154 valence electrons. The molecule has 2 aliphatic heterocycles. The minimum atomic E-state index is -1.15. The fraction of sp³-hybridized carbons (Fsp3) is 0.353. The summed E-state index contributed by atoms with van der Waals surface area (Å²) in [7, 11) is 0. The topological polar surface area (TPSA) is 133 Å². The number of hydrogen-bond donors (Lipinski definition) is 4. The highest BCUT2D eigenvalue weighted by atomic mass is 128. The third-order valence-electron chi connectivity index (χ3n) is 4.19. The first kappa shape index (κ1) is 25.0. The summed E-state index contributed by atoms with van der Waals surface area (Å²) in [6, 6.07) is 4.09. The van der Waals surface area contributed by atoms with E-state index in [-0.39, 0.29) is 18.9 Å². The van der Waals surface area contributed by atoms with Gasteiger partial charge in [-0.15, -0.1) is 11.8 Å². The van der Waals surface area contributed by atoms with Crippen molar-refractivity contribution in [2.45, 2.75) is 31.8 Å². The number of phenols is 1. The molecular formula is C17H21I2N3O5S. The fourth-order valence-corrected chi connectivity index (χ4v) is 4.14. The number of carbonyl (C=O) groups is 3. The number of carbonyl (C=O) groups excluding carboxylic acids is 2. The van der Waals surface area contributed by atoms with Gasteiger partial charge in [-0.05, 0) is 30.2 Å². The Morgan fingerprint density at radius 3 is 2.43 bits per heavy atom. The molecule has 2 heterocycles. The van der Waals surface area contributed by atoms with Gasteiger partial charge in [-0.1, -0.05) is 19.6 Å². The summed E-state index contributed by atoms with van der Waals surface area (Å²) >= 11 is 5.64. The average molecular weight is 633 g/mol. The van der Waals surface area contributed by atoms with Crippen LogP contribution in [-0.2, 0) is 14.4 Å². The van der Waals surface area contributed by atoms with E-state index in [1.807, 2.05) is 0 Å². The number of carboxylic acid groups (broad SMARTS) is 1.